The van der Waals surface area contributed by atoms with E-state index in [-0.39, 0.29) is 29.6 Å². The van der Waals surface area contributed by atoms with Gasteiger partial charge in [-0.15, -0.1) is 0 Å². The first-order chi connectivity index (χ1) is 16.3. The highest BCUT2D eigenvalue weighted by Crippen LogP contribution is 2.52. The lowest BCUT2D eigenvalue weighted by Crippen LogP contribution is -2.56. The third-order valence-electron chi connectivity index (χ3n) is 7.97. The van der Waals surface area contributed by atoms with Crippen LogP contribution in [0.5, 0.6) is 5.75 Å². The van der Waals surface area contributed by atoms with E-state index in [1.54, 1.807) is 13.0 Å². The van der Waals surface area contributed by atoms with Crippen molar-refractivity contribution in [2.75, 3.05) is 30.4 Å². The molecule has 1 aromatic heterocycles. The standard InChI is InChI=1S/C26H34FN3O4/c1-5-26(6-2)13-30(14-26)25-29-22(21(34-25)12-32-4)24(31)28-18-7-15(3)23(20(27)11-18)33-19-9-16-8-17(16)10-19/h7,11,16-17,19H,5-6,8-10,12-14H2,1-4H3,(H,28,31)/t16-,17?,19?/m1/s1. The zero-order valence-corrected chi connectivity index (χ0v) is 20.4. The van der Waals surface area contributed by atoms with Gasteiger partial charge in [-0.3, -0.25) is 4.79 Å². The highest BCUT2D eigenvalue weighted by Gasteiger charge is 2.47. The van der Waals surface area contributed by atoms with Gasteiger partial charge in [0.25, 0.3) is 11.9 Å². The van der Waals surface area contributed by atoms with Crippen LogP contribution in [0.2, 0.25) is 0 Å². The minimum absolute atomic E-state index is 0.0863. The molecule has 2 unspecified atom stereocenters. The molecule has 1 saturated heterocycles. The molecule has 1 amide bonds. The van der Waals surface area contributed by atoms with Gasteiger partial charge in [-0.2, -0.15) is 4.98 Å². The number of hydrogen-bond donors (Lipinski definition) is 1. The first-order valence-corrected chi connectivity index (χ1v) is 12.4. The van der Waals surface area contributed by atoms with Gasteiger partial charge in [0.15, 0.2) is 23.0 Å². The van der Waals surface area contributed by atoms with Crippen LogP contribution < -0.4 is 15.0 Å². The van der Waals surface area contributed by atoms with E-state index in [1.807, 2.05) is 4.90 Å². The molecule has 3 aliphatic rings. The average molecular weight is 472 g/mol. The largest absolute Gasteiger partial charge is 0.487 e. The van der Waals surface area contributed by atoms with Crippen molar-refractivity contribution in [2.45, 2.75) is 65.6 Å². The SMILES string of the molecule is CCC1(CC)CN(c2nc(C(=O)Nc3cc(C)c(OC4CC5C[C@@H]5C4)c(F)c3)c(COC)o2)C1. The number of hydrogen-bond acceptors (Lipinski definition) is 6. The Morgan fingerprint density at radius 1 is 1.24 bits per heavy atom. The fourth-order valence-corrected chi connectivity index (χ4v) is 5.54. The Labute approximate surface area is 200 Å². The van der Waals surface area contributed by atoms with Crippen molar-refractivity contribution in [1.29, 1.82) is 0 Å². The zero-order chi connectivity index (χ0) is 24.0. The number of nitrogens with zero attached hydrogens (tertiary/aromatic N) is 2. The molecule has 184 valence electrons. The maximum absolute atomic E-state index is 14.9. The number of halogens is 1. The van der Waals surface area contributed by atoms with Crippen LogP contribution >= 0.6 is 0 Å². The fraction of sp³-hybridized carbons (Fsp3) is 0.615. The summed E-state index contributed by atoms with van der Waals surface area (Å²) in [5.74, 6) is 1.24. The van der Waals surface area contributed by atoms with Crippen molar-refractivity contribution >= 4 is 17.6 Å². The number of rotatable bonds is 9. The molecule has 8 heteroatoms. The lowest BCUT2D eigenvalue weighted by molar-refractivity contribution is 0.101. The summed E-state index contributed by atoms with van der Waals surface area (Å²) in [6.45, 7) is 8.01. The molecule has 0 spiro atoms. The second-order valence-electron chi connectivity index (χ2n) is 10.3. The number of anilines is 2. The Kier molecular flexibility index (Phi) is 6.04. The lowest BCUT2D eigenvalue weighted by atomic mass is 9.75. The van der Waals surface area contributed by atoms with Crippen LogP contribution in [0.25, 0.3) is 0 Å². The number of nitrogens with one attached hydrogen (secondary N) is 1. The maximum atomic E-state index is 14.9. The van der Waals surface area contributed by atoms with E-state index in [4.69, 9.17) is 13.9 Å². The molecule has 0 bridgehead atoms. The summed E-state index contributed by atoms with van der Waals surface area (Å²) in [5, 5.41) is 2.77. The Morgan fingerprint density at radius 3 is 2.56 bits per heavy atom. The van der Waals surface area contributed by atoms with Crippen LogP contribution in [-0.2, 0) is 11.3 Å². The van der Waals surface area contributed by atoms with Gasteiger partial charge in [-0.25, -0.2) is 4.39 Å². The Morgan fingerprint density at radius 2 is 1.94 bits per heavy atom. The predicted molar refractivity (Wildman–Crippen MR) is 127 cm³/mol. The van der Waals surface area contributed by atoms with Crippen molar-refractivity contribution in [2.24, 2.45) is 17.3 Å². The molecule has 2 heterocycles. The van der Waals surface area contributed by atoms with Crippen molar-refractivity contribution in [1.82, 2.24) is 4.98 Å². The van der Waals surface area contributed by atoms with E-state index in [1.165, 1.54) is 19.6 Å². The van der Waals surface area contributed by atoms with Gasteiger partial charge in [-0.1, -0.05) is 13.8 Å². The molecule has 0 radical (unpaired) electrons. The van der Waals surface area contributed by atoms with Gasteiger partial charge < -0.3 is 24.1 Å². The van der Waals surface area contributed by atoms with E-state index in [0.717, 1.165) is 50.6 Å². The molecule has 34 heavy (non-hydrogen) atoms. The van der Waals surface area contributed by atoms with Gasteiger partial charge >= 0.3 is 0 Å². The van der Waals surface area contributed by atoms with Gasteiger partial charge in [0, 0.05) is 37.4 Å². The molecular formula is C26H34FN3O4. The third kappa shape index (κ3) is 4.28. The molecular weight excluding hydrogens is 437 g/mol. The van der Waals surface area contributed by atoms with E-state index >= 15 is 0 Å². The van der Waals surface area contributed by atoms with Crippen LogP contribution in [0, 0.1) is 30.0 Å². The minimum Gasteiger partial charge on any atom is -0.487 e. The van der Waals surface area contributed by atoms with Crippen molar-refractivity contribution in [3.63, 3.8) is 0 Å². The number of benzene rings is 1. The van der Waals surface area contributed by atoms with Gasteiger partial charge in [0.2, 0.25) is 0 Å². The van der Waals surface area contributed by atoms with Crippen molar-refractivity contribution in [3.8, 4) is 5.75 Å². The summed E-state index contributed by atoms with van der Waals surface area (Å²) < 4.78 is 32.0. The summed E-state index contributed by atoms with van der Waals surface area (Å²) >= 11 is 0. The molecule has 3 atom stereocenters. The second kappa shape index (κ2) is 8.87. The van der Waals surface area contributed by atoms with Gasteiger partial charge in [-0.05, 0) is 62.5 Å². The van der Waals surface area contributed by atoms with Gasteiger partial charge in [0.1, 0.15) is 6.61 Å². The number of carbonyl (C=O) groups excluding carboxylic acids is 1. The topological polar surface area (TPSA) is 76.8 Å². The highest BCUT2D eigenvalue weighted by molar-refractivity contribution is 6.03. The lowest BCUT2D eigenvalue weighted by Gasteiger charge is -2.48. The summed E-state index contributed by atoms with van der Waals surface area (Å²) in [6, 6.07) is 3.46. The Balaban J connectivity index is 1.29. The number of fused-ring (bicyclic) bond motifs is 1. The second-order valence-corrected chi connectivity index (χ2v) is 10.3. The normalized spacial score (nSPS) is 24.5. The smallest absolute Gasteiger partial charge is 0.298 e. The first kappa shape index (κ1) is 23.1. The number of aromatic nitrogens is 1. The molecule has 1 N–H and O–H groups in total. The number of aryl methyl sites for hydroxylation is 1. The van der Waals surface area contributed by atoms with E-state index in [2.05, 4.69) is 24.1 Å². The summed E-state index contributed by atoms with van der Waals surface area (Å²) in [6.07, 6.45) is 5.57. The Hall–Kier alpha value is -2.61. The van der Waals surface area contributed by atoms with E-state index < -0.39 is 11.7 Å². The summed E-state index contributed by atoms with van der Waals surface area (Å²) in [5.41, 5.74) is 1.45. The summed E-state index contributed by atoms with van der Waals surface area (Å²) in [4.78, 5) is 19.6. The number of amides is 1. The quantitative estimate of drug-likeness (QED) is 0.533. The number of ether oxygens (including phenoxy) is 2. The molecule has 5 rings (SSSR count). The molecule has 1 aromatic carbocycles. The maximum Gasteiger partial charge on any atom is 0.298 e. The third-order valence-corrected chi connectivity index (χ3v) is 7.97. The van der Waals surface area contributed by atoms with Gasteiger partial charge in [0.05, 0.1) is 6.10 Å². The number of carbonyl (C=O) groups is 1. The van der Waals surface area contributed by atoms with Crippen LogP contribution in [0.15, 0.2) is 16.5 Å². The molecule has 3 fully saturated rings. The highest BCUT2D eigenvalue weighted by atomic mass is 19.1. The van der Waals surface area contributed by atoms with E-state index in [0.29, 0.717) is 23.0 Å². The van der Waals surface area contributed by atoms with Crippen molar-refractivity contribution in [3.05, 3.63) is 35.0 Å². The zero-order valence-electron chi connectivity index (χ0n) is 20.4. The number of oxazole rings is 1. The van der Waals surface area contributed by atoms with Crippen molar-refractivity contribution < 1.29 is 23.1 Å². The predicted octanol–water partition coefficient (Wildman–Crippen LogP) is 5.32. The minimum atomic E-state index is -0.468. The molecule has 2 aliphatic carbocycles. The average Bonchev–Trinajstić information content (AvgIpc) is 3.18. The molecule has 7 nitrogen and oxygen atoms in total. The van der Waals surface area contributed by atoms with E-state index in [9.17, 15) is 9.18 Å². The Bertz CT molecular complexity index is 1040. The number of methoxy groups -OCH3 is 1. The van der Waals surface area contributed by atoms with Crippen LogP contribution in [0.1, 0.15) is 67.8 Å². The van der Waals surface area contributed by atoms with Crippen LogP contribution in [-0.4, -0.2) is 37.2 Å². The fourth-order valence-electron chi connectivity index (χ4n) is 5.54. The monoisotopic (exact) mass is 471 g/mol. The van der Waals surface area contributed by atoms with Crippen LogP contribution in [0.3, 0.4) is 0 Å². The summed E-state index contributed by atoms with van der Waals surface area (Å²) in [7, 11) is 1.54. The van der Waals surface area contributed by atoms with Crippen LogP contribution in [0.4, 0.5) is 16.1 Å². The molecule has 1 aliphatic heterocycles. The first-order valence-electron chi connectivity index (χ1n) is 12.4. The molecule has 2 aromatic rings. The molecule has 2 saturated carbocycles.